The molecule has 0 radical (unpaired) electrons. The molecule has 0 heterocycles. The molecular formula is C8H21ClN2Si. The summed E-state index contributed by atoms with van der Waals surface area (Å²) in [7, 11) is 0.182. The Kier molecular flexibility index (Phi) is 6.18. The Balaban J connectivity index is 4.24. The Labute approximate surface area is 82.2 Å². The second kappa shape index (κ2) is 5.97. The van der Waals surface area contributed by atoms with Gasteiger partial charge in [-0.1, -0.05) is 27.2 Å². The number of nitrogens with zero attached hydrogens (tertiary/aromatic N) is 1. The van der Waals surface area contributed by atoms with E-state index in [-0.39, 0.29) is 0 Å². The normalized spacial score (nSPS) is 16.5. The first-order chi connectivity index (χ1) is 5.64. The quantitative estimate of drug-likeness (QED) is 0.532. The lowest BCUT2D eigenvalue weighted by atomic mass is 10.6. The van der Waals surface area contributed by atoms with Crippen LogP contribution in [-0.2, 0) is 0 Å². The van der Waals surface area contributed by atoms with Crippen LogP contribution >= 0.6 is 11.1 Å². The molecule has 4 heteroatoms. The van der Waals surface area contributed by atoms with Crippen molar-refractivity contribution in [3.8, 4) is 0 Å². The maximum atomic E-state index is 6.54. The SMILES string of the molecule is CCC[Si](Cl)(NC)N(CC)CC. The van der Waals surface area contributed by atoms with Gasteiger partial charge in [0.25, 0.3) is 0 Å². The predicted molar refractivity (Wildman–Crippen MR) is 58.7 cm³/mol. The lowest BCUT2D eigenvalue weighted by Gasteiger charge is -2.34. The third-order valence-corrected chi connectivity index (χ3v) is 7.64. The summed E-state index contributed by atoms with van der Waals surface area (Å²) in [6.07, 6.45) is 1.16. The monoisotopic (exact) mass is 208 g/mol. The minimum absolute atomic E-state index is 1.05. The Morgan fingerprint density at radius 2 is 1.75 bits per heavy atom. The minimum Gasteiger partial charge on any atom is -0.316 e. The van der Waals surface area contributed by atoms with Crippen LogP contribution in [0.3, 0.4) is 0 Å². The zero-order chi connectivity index (χ0) is 9.61. The van der Waals surface area contributed by atoms with Crippen molar-refractivity contribution in [1.82, 2.24) is 9.55 Å². The molecule has 0 aromatic carbocycles. The highest BCUT2D eigenvalue weighted by Crippen LogP contribution is 2.18. The maximum Gasteiger partial charge on any atom is 0.304 e. The summed E-state index contributed by atoms with van der Waals surface area (Å²) in [5.74, 6) is 0. The van der Waals surface area contributed by atoms with Crippen molar-refractivity contribution < 1.29 is 0 Å². The van der Waals surface area contributed by atoms with Crippen molar-refractivity contribution in [3.63, 3.8) is 0 Å². The molecule has 0 saturated heterocycles. The highest BCUT2D eigenvalue weighted by molar-refractivity contribution is 7.17. The van der Waals surface area contributed by atoms with Gasteiger partial charge in [-0.25, -0.2) is 0 Å². The van der Waals surface area contributed by atoms with E-state index in [9.17, 15) is 0 Å². The molecule has 2 nitrogen and oxygen atoms in total. The van der Waals surface area contributed by atoms with E-state index in [0.717, 1.165) is 25.6 Å². The third-order valence-electron chi connectivity index (χ3n) is 2.23. The van der Waals surface area contributed by atoms with Crippen molar-refractivity contribution >= 4 is 18.8 Å². The summed E-state index contributed by atoms with van der Waals surface area (Å²) in [5, 5.41) is 0. The smallest absolute Gasteiger partial charge is 0.304 e. The molecule has 0 fully saturated rings. The van der Waals surface area contributed by atoms with Gasteiger partial charge in [0.2, 0.25) is 0 Å². The number of nitrogens with one attached hydrogen (secondary N) is 1. The molecular weight excluding hydrogens is 188 g/mol. The Morgan fingerprint density at radius 1 is 1.25 bits per heavy atom. The van der Waals surface area contributed by atoms with Crippen LogP contribution < -0.4 is 4.98 Å². The summed E-state index contributed by atoms with van der Waals surface area (Å²) in [4.78, 5) is 3.31. The second-order valence-electron chi connectivity index (χ2n) is 2.93. The van der Waals surface area contributed by atoms with Gasteiger partial charge in [0, 0.05) is 0 Å². The Bertz CT molecular complexity index is 120. The number of halogens is 1. The molecule has 0 amide bonds. The van der Waals surface area contributed by atoms with Gasteiger partial charge in [-0.3, -0.25) is 0 Å². The summed E-state index contributed by atoms with van der Waals surface area (Å²) in [6, 6.07) is 1.12. The third kappa shape index (κ3) is 3.05. The van der Waals surface area contributed by atoms with Crippen LogP contribution in [0.1, 0.15) is 27.2 Å². The van der Waals surface area contributed by atoms with Gasteiger partial charge in [-0.15, -0.1) is 11.1 Å². The van der Waals surface area contributed by atoms with Gasteiger partial charge >= 0.3 is 7.71 Å². The molecule has 12 heavy (non-hydrogen) atoms. The minimum atomic E-state index is -1.80. The lowest BCUT2D eigenvalue weighted by molar-refractivity contribution is 0.461. The fraction of sp³-hybridized carbons (Fsp3) is 1.00. The molecule has 0 aromatic rings. The Hall–Kier alpha value is 0.427. The maximum absolute atomic E-state index is 6.54. The van der Waals surface area contributed by atoms with Gasteiger partial charge in [0.05, 0.1) is 0 Å². The number of rotatable bonds is 6. The van der Waals surface area contributed by atoms with E-state index >= 15 is 0 Å². The number of hydrogen-bond donors (Lipinski definition) is 1. The van der Waals surface area contributed by atoms with E-state index in [1.54, 1.807) is 0 Å². The first-order valence-corrected chi connectivity index (χ1v) is 7.94. The Morgan fingerprint density at radius 3 is 2.00 bits per heavy atom. The molecule has 0 aliphatic rings. The van der Waals surface area contributed by atoms with Gasteiger partial charge < -0.3 is 9.55 Å². The van der Waals surface area contributed by atoms with Gasteiger partial charge in [0.15, 0.2) is 0 Å². The van der Waals surface area contributed by atoms with E-state index in [2.05, 4.69) is 30.3 Å². The molecule has 0 aliphatic heterocycles. The molecule has 0 spiro atoms. The van der Waals surface area contributed by atoms with Gasteiger partial charge in [0.1, 0.15) is 0 Å². The first-order valence-electron chi connectivity index (χ1n) is 4.77. The second-order valence-corrected chi connectivity index (χ2v) is 7.96. The van der Waals surface area contributed by atoms with Crippen LogP contribution in [0, 0.1) is 0 Å². The molecule has 0 rings (SSSR count). The van der Waals surface area contributed by atoms with Crippen molar-refractivity contribution in [3.05, 3.63) is 0 Å². The average molecular weight is 209 g/mol. The van der Waals surface area contributed by atoms with E-state index in [0.29, 0.717) is 0 Å². The topological polar surface area (TPSA) is 15.3 Å². The molecule has 74 valence electrons. The highest BCUT2D eigenvalue weighted by Gasteiger charge is 2.34. The molecule has 0 bridgehead atoms. The van der Waals surface area contributed by atoms with E-state index in [4.69, 9.17) is 11.1 Å². The van der Waals surface area contributed by atoms with Crippen LogP contribution in [0.5, 0.6) is 0 Å². The van der Waals surface area contributed by atoms with Crippen LogP contribution in [0.4, 0.5) is 0 Å². The molecule has 1 atom stereocenters. The van der Waals surface area contributed by atoms with E-state index in [1.807, 2.05) is 7.05 Å². The predicted octanol–water partition coefficient (Wildman–Crippen LogP) is 2.14. The van der Waals surface area contributed by atoms with Crippen LogP contribution in [0.2, 0.25) is 6.04 Å². The van der Waals surface area contributed by atoms with Gasteiger partial charge in [-0.2, -0.15) is 0 Å². The molecule has 0 aromatic heterocycles. The van der Waals surface area contributed by atoms with Crippen molar-refractivity contribution in [2.45, 2.75) is 33.2 Å². The van der Waals surface area contributed by atoms with Gasteiger partial charge in [-0.05, 0) is 26.2 Å². The zero-order valence-corrected chi connectivity index (χ0v) is 10.4. The summed E-state index contributed by atoms with van der Waals surface area (Å²) < 4.78 is 2.37. The molecule has 1 unspecified atom stereocenters. The fourth-order valence-electron chi connectivity index (χ4n) is 1.50. The summed E-state index contributed by atoms with van der Waals surface area (Å²) in [5.41, 5.74) is 0. The zero-order valence-electron chi connectivity index (χ0n) is 8.65. The van der Waals surface area contributed by atoms with Crippen LogP contribution in [0.15, 0.2) is 0 Å². The van der Waals surface area contributed by atoms with Crippen LogP contribution in [0.25, 0.3) is 0 Å². The average Bonchev–Trinajstić information content (AvgIpc) is 2.07. The summed E-state index contributed by atoms with van der Waals surface area (Å²) in [6.45, 7) is 8.62. The van der Waals surface area contributed by atoms with E-state index in [1.165, 1.54) is 0 Å². The van der Waals surface area contributed by atoms with Crippen molar-refractivity contribution in [1.29, 1.82) is 0 Å². The largest absolute Gasteiger partial charge is 0.316 e. The molecule has 0 aliphatic carbocycles. The molecule has 0 saturated carbocycles. The first kappa shape index (κ1) is 12.4. The molecule has 1 N–H and O–H groups in total. The van der Waals surface area contributed by atoms with Crippen LogP contribution in [-0.4, -0.2) is 32.4 Å². The van der Waals surface area contributed by atoms with Crippen molar-refractivity contribution in [2.24, 2.45) is 0 Å². The van der Waals surface area contributed by atoms with E-state index < -0.39 is 7.71 Å². The standard InChI is InChI=1S/C8H21ClN2Si/c1-5-8-12(9,10-4)11(6-2)7-3/h10H,5-8H2,1-4H3. The van der Waals surface area contributed by atoms with Crippen molar-refractivity contribution in [2.75, 3.05) is 20.1 Å². The number of hydrogen-bond acceptors (Lipinski definition) is 2. The highest BCUT2D eigenvalue weighted by atomic mass is 35.6. The fourth-order valence-corrected chi connectivity index (χ4v) is 5.33. The lowest BCUT2D eigenvalue weighted by Crippen LogP contribution is -2.58. The summed E-state index contributed by atoms with van der Waals surface area (Å²) >= 11 is 6.54.